The van der Waals surface area contributed by atoms with Crippen LogP contribution in [-0.4, -0.2) is 79.0 Å². The van der Waals surface area contributed by atoms with E-state index in [1.807, 2.05) is 52.0 Å². The van der Waals surface area contributed by atoms with Gasteiger partial charge in [0.1, 0.15) is 23.2 Å². The lowest BCUT2D eigenvalue weighted by Crippen LogP contribution is -2.44. The van der Waals surface area contributed by atoms with Crippen LogP contribution in [0.25, 0.3) is 22.4 Å². The second kappa shape index (κ2) is 11.6. The number of pyridine rings is 1. The highest BCUT2D eigenvalue weighted by Crippen LogP contribution is 2.39. The number of ether oxygens (including phenoxy) is 3. The van der Waals surface area contributed by atoms with E-state index in [4.69, 9.17) is 23.6 Å². The van der Waals surface area contributed by atoms with Crippen molar-refractivity contribution in [2.45, 2.75) is 71.1 Å². The van der Waals surface area contributed by atoms with Gasteiger partial charge in [-0.25, -0.2) is 9.78 Å². The number of hydrogen-bond acceptors (Lipinski definition) is 8. The number of piperidine rings is 2. The number of hydrogen-bond donors (Lipinski definition) is 1. The third-order valence-electron chi connectivity index (χ3n) is 7.55. The molecule has 0 atom stereocenters. The van der Waals surface area contributed by atoms with E-state index in [1.54, 1.807) is 12.0 Å². The number of aryl methyl sites for hydroxylation is 1. The van der Waals surface area contributed by atoms with Crippen LogP contribution in [0.3, 0.4) is 0 Å². The fourth-order valence-corrected chi connectivity index (χ4v) is 5.34. The minimum Gasteiger partial charge on any atom is -0.493 e. The molecule has 5 rings (SSSR count). The van der Waals surface area contributed by atoms with Crippen molar-refractivity contribution in [2.24, 2.45) is 0 Å². The number of rotatable bonds is 6. The summed E-state index contributed by atoms with van der Waals surface area (Å²) in [4.78, 5) is 21.6. The molecule has 9 nitrogen and oxygen atoms in total. The molecule has 1 amide bonds. The Kier molecular flexibility index (Phi) is 8.12. The summed E-state index contributed by atoms with van der Waals surface area (Å²) < 4.78 is 23.7. The van der Waals surface area contributed by atoms with Crippen molar-refractivity contribution in [3.8, 4) is 23.0 Å². The molecule has 9 heteroatoms. The van der Waals surface area contributed by atoms with E-state index in [9.17, 15) is 4.79 Å². The molecule has 4 heterocycles. The molecule has 2 aliphatic heterocycles. The first-order chi connectivity index (χ1) is 19.1. The summed E-state index contributed by atoms with van der Waals surface area (Å²) in [6, 6.07) is 10.4. The molecule has 0 saturated carbocycles. The number of anilines is 1. The first-order valence-electron chi connectivity index (χ1n) is 14.3. The minimum absolute atomic E-state index is 0.0437. The highest BCUT2D eigenvalue weighted by atomic mass is 16.6. The van der Waals surface area contributed by atoms with E-state index < -0.39 is 5.60 Å². The van der Waals surface area contributed by atoms with Crippen molar-refractivity contribution < 1.29 is 23.4 Å². The molecule has 0 aliphatic carbocycles. The molecule has 2 fully saturated rings. The van der Waals surface area contributed by atoms with Gasteiger partial charge in [0.2, 0.25) is 0 Å². The average molecular weight is 551 g/mol. The predicted octanol–water partition coefficient (Wildman–Crippen LogP) is 6.10. The Morgan fingerprint density at radius 2 is 1.75 bits per heavy atom. The number of aromatic nitrogens is 1. The Hall–Kier alpha value is -3.46. The largest absolute Gasteiger partial charge is 0.493 e. The highest BCUT2D eigenvalue weighted by molar-refractivity contribution is 5.95. The van der Waals surface area contributed by atoms with E-state index in [2.05, 4.69) is 23.3 Å². The Morgan fingerprint density at radius 1 is 1.02 bits per heavy atom. The normalized spacial score (nSPS) is 17.7. The zero-order chi connectivity index (χ0) is 28.4. The van der Waals surface area contributed by atoms with Gasteiger partial charge in [0.15, 0.2) is 17.3 Å². The molecule has 2 saturated heterocycles. The second-order valence-corrected chi connectivity index (χ2v) is 12.0. The lowest BCUT2D eigenvalue weighted by atomic mass is 10.0. The van der Waals surface area contributed by atoms with Crippen molar-refractivity contribution in [3.63, 3.8) is 0 Å². The Balaban J connectivity index is 1.40. The van der Waals surface area contributed by atoms with Gasteiger partial charge in [-0.15, -0.1) is 0 Å². The smallest absolute Gasteiger partial charge is 0.410 e. The topological polar surface area (TPSA) is 89.3 Å². The van der Waals surface area contributed by atoms with Crippen LogP contribution in [0.5, 0.6) is 11.5 Å². The maximum Gasteiger partial charge on any atom is 0.410 e. The minimum atomic E-state index is -0.510. The number of carbonyl (C=O) groups excluding carboxylic acids is 1. The zero-order valence-corrected chi connectivity index (χ0v) is 24.6. The van der Waals surface area contributed by atoms with Crippen molar-refractivity contribution in [1.29, 1.82) is 0 Å². The summed E-state index contributed by atoms with van der Waals surface area (Å²) in [5, 5.41) is 4.77. The van der Waals surface area contributed by atoms with Gasteiger partial charge >= 0.3 is 6.09 Å². The van der Waals surface area contributed by atoms with E-state index in [1.165, 1.54) is 0 Å². The first-order valence-corrected chi connectivity index (χ1v) is 14.3. The monoisotopic (exact) mass is 550 g/mol. The standard InChI is InChI=1S/C31H42N4O5/c1-20-7-8-27(38-20)26-18-24(32-21-9-13-34(5)14-10-21)23-17-28(37-6)29(19-25(23)33-26)39-22-11-15-35(16-12-22)30(36)40-31(2,3)4/h7-8,17-19,21-22H,9-16H2,1-6H3,(H,32,33). The lowest BCUT2D eigenvalue weighted by molar-refractivity contribution is 0.0124. The molecule has 40 heavy (non-hydrogen) atoms. The molecular weight excluding hydrogens is 508 g/mol. The second-order valence-electron chi connectivity index (χ2n) is 12.0. The fourth-order valence-electron chi connectivity index (χ4n) is 5.34. The van der Waals surface area contributed by atoms with Gasteiger partial charge in [0, 0.05) is 49.1 Å². The molecule has 0 radical (unpaired) electrons. The van der Waals surface area contributed by atoms with Gasteiger partial charge in [-0.1, -0.05) is 0 Å². The SMILES string of the molecule is COc1cc2c(NC3CCN(C)CC3)cc(-c3ccc(C)o3)nc2cc1OC1CCN(C(=O)OC(C)(C)C)CC1. The molecule has 2 aromatic heterocycles. The van der Waals surface area contributed by atoms with E-state index in [0.717, 1.165) is 59.7 Å². The maximum atomic E-state index is 12.5. The molecule has 0 bridgehead atoms. The summed E-state index contributed by atoms with van der Waals surface area (Å²) in [6.45, 7) is 10.9. The number of benzene rings is 1. The van der Waals surface area contributed by atoms with Crippen LogP contribution < -0.4 is 14.8 Å². The average Bonchev–Trinajstić information content (AvgIpc) is 3.35. The third-order valence-corrected chi connectivity index (χ3v) is 7.55. The highest BCUT2D eigenvalue weighted by Gasteiger charge is 2.28. The van der Waals surface area contributed by atoms with E-state index in [-0.39, 0.29) is 12.2 Å². The molecule has 0 unspecified atom stereocenters. The summed E-state index contributed by atoms with van der Waals surface area (Å²) >= 11 is 0. The fraction of sp³-hybridized carbons (Fsp3) is 0.548. The van der Waals surface area contributed by atoms with Gasteiger partial charge in [0.05, 0.1) is 12.6 Å². The molecular formula is C31H42N4O5. The van der Waals surface area contributed by atoms with Gasteiger partial charge in [0.25, 0.3) is 0 Å². The zero-order valence-electron chi connectivity index (χ0n) is 24.6. The van der Waals surface area contributed by atoms with Crippen LogP contribution in [0.15, 0.2) is 34.7 Å². The summed E-state index contributed by atoms with van der Waals surface area (Å²) in [7, 11) is 3.83. The van der Waals surface area contributed by atoms with Gasteiger partial charge in [-0.05, 0) is 84.9 Å². The Labute approximate surface area is 236 Å². The number of methoxy groups -OCH3 is 1. The lowest BCUT2D eigenvalue weighted by Gasteiger charge is -2.33. The van der Waals surface area contributed by atoms with Crippen LogP contribution in [0.2, 0.25) is 0 Å². The summed E-state index contributed by atoms with van der Waals surface area (Å²) in [5.74, 6) is 2.89. The van der Waals surface area contributed by atoms with Crippen molar-refractivity contribution in [3.05, 3.63) is 36.1 Å². The number of furan rings is 1. The van der Waals surface area contributed by atoms with E-state index in [0.29, 0.717) is 43.5 Å². The number of nitrogens with one attached hydrogen (secondary N) is 1. The van der Waals surface area contributed by atoms with Crippen LogP contribution in [0.1, 0.15) is 52.2 Å². The van der Waals surface area contributed by atoms with E-state index >= 15 is 0 Å². The molecule has 216 valence electrons. The summed E-state index contributed by atoms with van der Waals surface area (Å²) in [6.07, 6.45) is 3.26. The van der Waals surface area contributed by atoms with Crippen molar-refractivity contribution in [1.82, 2.24) is 14.8 Å². The Bertz CT molecular complexity index is 1330. The molecule has 2 aliphatic rings. The van der Waals surface area contributed by atoms with Gasteiger partial charge in [-0.2, -0.15) is 0 Å². The number of nitrogens with zero attached hydrogens (tertiary/aromatic N) is 3. The number of fused-ring (bicyclic) bond motifs is 1. The molecule has 1 aromatic carbocycles. The number of likely N-dealkylation sites (tertiary alicyclic amines) is 2. The van der Waals surface area contributed by atoms with Crippen LogP contribution in [0, 0.1) is 6.92 Å². The Morgan fingerprint density at radius 3 is 2.38 bits per heavy atom. The number of carbonyl (C=O) groups is 1. The van der Waals surface area contributed by atoms with Crippen LogP contribution in [0.4, 0.5) is 10.5 Å². The summed E-state index contributed by atoms with van der Waals surface area (Å²) in [5.41, 5.74) is 2.09. The molecule has 0 spiro atoms. The first kappa shape index (κ1) is 28.1. The van der Waals surface area contributed by atoms with Crippen LogP contribution in [-0.2, 0) is 4.74 Å². The van der Waals surface area contributed by atoms with Crippen LogP contribution >= 0.6 is 0 Å². The van der Waals surface area contributed by atoms with Crippen molar-refractivity contribution in [2.75, 3.05) is 45.7 Å². The van der Waals surface area contributed by atoms with Crippen molar-refractivity contribution >= 4 is 22.7 Å². The number of amides is 1. The predicted molar refractivity (Wildman–Crippen MR) is 156 cm³/mol. The quantitative estimate of drug-likeness (QED) is 0.394. The molecule has 1 N–H and O–H groups in total. The third kappa shape index (κ3) is 6.63. The van der Waals surface area contributed by atoms with Gasteiger partial charge < -0.3 is 33.7 Å². The van der Waals surface area contributed by atoms with Gasteiger partial charge in [-0.3, -0.25) is 0 Å². The molecule has 3 aromatic rings. The maximum absolute atomic E-state index is 12.5.